The molecule has 0 spiro atoms. The van der Waals surface area contributed by atoms with Crippen molar-refractivity contribution < 1.29 is 15.6 Å². The minimum absolute atomic E-state index is 0.0992. The smallest absolute Gasteiger partial charge is 0.276 e. The summed E-state index contributed by atoms with van der Waals surface area (Å²) in [6, 6.07) is 0. The predicted molar refractivity (Wildman–Crippen MR) is 29.5 cm³/mol. The third kappa shape index (κ3) is 0.761. The van der Waals surface area contributed by atoms with Gasteiger partial charge >= 0.3 is 0 Å². The molecule has 0 aromatic carbocycles. The molecule has 0 fully saturated rings. The van der Waals surface area contributed by atoms with E-state index in [-0.39, 0.29) is 14.2 Å². The first-order chi connectivity index (χ1) is 5.46. The Hall–Kier alpha value is -2.19. The lowest BCUT2D eigenvalue weighted by Gasteiger charge is -2.04. The second kappa shape index (κ2) is 2.15. The lowest BCUT2D eigenvalue weighted by Crippen LogP contribution is -2.53. The second-order valence-electron chi connectivity index (χ2n) is 1.91. The maximum Gasteiger partial charge on any atom is 0.276 e. The van der Waals surface area contributed by atoms with Crippen LogP contribution in [0.2, 0.25) is 0 Å². The maximum absolute atomic E-state index is 8.79. The first-order valence-corrected chi connectivity index (χ1v) is 2.69. The average molecular weight is 174 g/mol. The number of hydrogen-bond donors (Lipinski definition) is 6. The van der Waals surface area contributed by atoms with Crippen molar-refractivity contribution in [2.75, 3.05) is 0 Å². The highest BCUT2D eigenvalue weighted by Gasteiger charge is 2.04. The molecule has 0 bridgehead atoms. The van der Waals surface area contributed by atoms with E-state index in [4.69, 9.17) is 31.8 Å². The highest BCUT2D eigenvalue weighted by Crippen LogP contribution is 1.55. The van der Waals surface area contributed by atoms with Crippen molar-refractivity contribution in [3.05, 3.63) is 16.9 Å². The highest BCUT2D eigenvalue weighted by atomic mass is 16.5. The zero-order valence-electron chi connectivity index (χ0n) is 5.68. The van der Waals surface area contributed by atoms with Crippen LogP contribution in [0.4, 0.5) is 0 Å². The molecular formula is C3H6N6O3. The molecular weight excluding hydrogens is 168 g/mol. The van der Waals surface area contributed by atoms with Gasteiger partial charge in [-0.3, -0.25) is 16.2 Å². The molecule has 66 valence electrons. The maximum atomic E-state index is 8.79. The first kappa shape index (κ1) is 7.91. The largest absolute Gasteiger partial charge is 0.422 e. The molecule has 6 N–H and O–H groups in total. The highest BCUT2D eigenvalue weighted by molar-refractivity contribution is 4.58. The summed E-state index contributed by atoms with van der Waals surface area (Å²) in [5.41, 5.74) is -2.72. The van der Waals surface area contributed by atoms with Gasteiger partial charge in [-0.15, -0.1) is 14.2 Å². The monoisotopic (exact) mass is 174 g/mol. The van der Waals surface area contributed by atoms with Gasteiger partial charge in [-0.1, -0.05) is 0 Å². The molecule has 9 nitrogen and oxygen atoms in total. The Morgan fingerprint density at radius 1 is 0.667 bits per heavy atom. The Morgan fingerprint density at radius 2 is 0.833 bits per heavy atom. The van der Waals surface area contributed by atoms with Crippen LogP contribution in [0.15, 0.2) is 0 Å². The molecule has 0 aliphatic carbocycles. The summed E-state index contributed by atoms with van der Waals surface area (Å²) in [7, 11) is 0. The lowest BCUT2D eigenvalue weighted by molar-refractivity contribution is 0.0193. The van der Waals surface area contributed by atoms with Crippen LogP contribution in [0.5, 0.6) is 0 Å². The Morgan fingerprint density at radius 3 is 1.00 bits per heavy atom. The summed E-state index contributed by atoms with van der Waals surface area (Å²) < 4.78 is -0.297. The van der Waals surface area contributed by atoms with E-state index >= 15 is 0 Å². The molecule has 1 rings (SSSR count). The Bertz CT molecular complexity index is 375. The Balaban J connectivity index is 4.00. The summed E-state index contributed by atoms with van der Waals surface area (Å²) in [5.74, 6) is 0. The van der Waals surface area contributed by atoms with Gasteiger partial charge in [0, 0.05) is 0 Å². The zero-order chi connectivity index (χ0) is 9.46. The lowest BCUT2D eigenvalue weighted by atomic mass is 10.9. The van der Waals surface area contributed by atoms with Crippen molar-refractivity contribution in [2.24, 2.45) is 0 Å². The van der Waals surface area contributed by atoms with E-state index in [9.17, 15) is 0 Å². The molecule has 1 aromatic heterocycles. The quantitative estimate of drug-likeness (QED) is 0.237. The van der Waals surface area contributed by atoms with E-state index in [0.29, 0.717) is 0 Å². The first-order valence-electron chi connectivity index (χ1n) is 2.69. The van der Waals surface area contributed by atoms with Crippen LogP contribution in [0.25, 0.3) is 0 Å². The summed E-state index contributed by atoms with van der Waals surface area (Å²) in [6.45, 7) is 0. The standard InChI is InChI=1S/C3H6N6O3/c4-1-7(10)2(5)9(12)3(6)8(1)11/h4-6,10-12H. The molecule has 0 atom stereocenters. The van der Waals surface area contributed by atoms with Crippen LogP contribution in [-0.2, 0) is 0 Å². The van der Waals surface area contributed by atoms with Crippen molar-refractivity contribution in [2.45, 2.75) is 0 Å². The van der Waals surface area contributed by atoms with E-state index < -0.39 is 16.9 Å². The topological polar surface area (TPSA) is 147 Å². The summed E-state index contributed by atoms with van der Waals surface area (Å²) in [5, 5.41) is 47.0. The van der Waals surface area contributed by atoms with Gasteiger partial charge in [0.15, 0.2) is 0 Å². The minimum atomic E-state index is -0.907. The zero-order valence-corrected chi connectivity index (χ0v) is 5.68. The van der Waals surface area contributed by atoms with Crippen molar-refractivity contribution in [1.82, 2.24) is 14.2 Å². The van der Waals surface area contributed by atoms with E-state index in [0.717, 1.165) is 0 Å². The van der Waals surface area contributed by atoms with E-state index in [1.54, 1.807) is 0 Å². The van der Waals surface area contributed by atoms with E-state index in [2.05, 4.69) is 0 Å². The van der Waals surface area contributed by atoms with Gasteiger partial charge in [-0.05, 0) is 0 Å². The predicted octanol–water partition coefficient (Wildman–Crippen LogP) is -2.76. The van der Waals surface area contributed by atoms with Gasteiger partial charge < -0.3 is 15.6 Å². The van der Waals surface area contributed by atoms with Crippen LogP contribution >= 0.6 is 0 Å². The molecule has 0 aliphatic heterocycles. The average Bonchev–Trinajstić information content (AvgIpc) is 2.08. The van der Waals surface area contributed by atoms with Crippen LogP contribution < -0.4 is 16.9 Å². The molecule has 0 amide bonds. The van der Waals surface area contributed by atoms with Crippen molar-refractivity contribution >= 4 is 0 Å². The van der Waals surface area contributed by atoms with Gasteiger partial charge in [-0.2, -0.15) is 0 Å². The fourth-order valence-electron chi connectivity index (χ4n) is 0.570. The fourth-order valence-corrected chi connectivity index (χ4v) is 0.570. The van der Waals surface area contributed by atoms with Gasteiger partial charge in [0.2, 0.25) is 0 Å². The third-order valence-electron chi connectivity index (χ3n) is 1.20. The van der Waals surface area contributed by atoms with Crippen LogP contribution in [0, 0.1) is 16.2 Å². The molecule has 0 aliphatic rings. The second-order valence-corrected chi connectivity index (χ2v) is 1.91. The van der Waals surface area contributed by atoms with Crippen LogP contribution in [-0.4, -0.2) is 29.8 Å². The molecule has 0 radical (unpaired) electrons. The number of hydrogen-bond acceptors (Lipinski definition) is 6. The van der Waals surface area contributed by atoms with Gasteiger partial charge in [0.1, 0.15) is 0 Å². The van der Waals surface area contributed by atoms with Crippen molar-refractivity contribution in [1.29, 1.82) is 16.2 Å². The summed E-state index contributed by atoms with van der Waals surface area (Å²) >= 11 is 0. The molecule has 1 aromatic rings. The minimum Gasteiger partial charge on any atom is -0.422 e. The normalized spacial score (nSPS) is 10.0. The molecule has 1 heterocycles. The number of nitrogens with one attached hydrogen (secondary N) is 3. The van der Waals surface area contributed by atoms with Crippen LogP contribution in [0.1, 0.15) is 0 Å². The number of rotatable bonds is 0. The van der Waals surface area contributed by atoms with Crippen molar-refractivity contribution in [3.8, 4) is 0 Å². The van der Waals surface area contributed by atoms with Gasteiger partial charge in [0.25, 0.3) is 16.9 Å². The van der Waals surface area contributed by atoms with E-state index in [1.165, 1.54) is 0 Å². The Labute approximate surface area is 64.0 Å². The molecule has 0 saturated heterocycles. The third-order valence-corrected chi connectivity index (χ3v) is 1.20. The summed E-state index contributed by atoms with van der Waals surface area (Å²) in [4.78, 5) is 0. The molecule has 0 unspecified atom stereocenters. The van der Waals surface area contributed by atoms with Crippen molar-refractivity contribution in [3.63, 3.8) is 0 Å². The molecule has 0 saturated carbocycles. The SMILES string of the molecule is N=c1n(O)c(=N)n(O)c(=N)n1O. The van der Waals surface area contributed by atoms with Crippen LogP contribution in [0.3, 0.4) is 0 Å². The fraction of sp³-hybridized carbons (Fsp3) is 0. The summed E-state index contributed by atoms with van der Waals surface area (Å²) in [6.07, 6.45) is 0. The number of nitrogens with zero attached hydrogens (tertiary/aromatic N) is 3. The Kier molecular flexibility index (Phi) is 1.42. The van der Waals surface area contributed by atoms with E-state index in [1.807, 2.05) is 0 Å². The molecule has 12 heavy (non-hydrogen) atoms. The molecule has 9 heteroatoms. The van der Waals surface area contributed by atoms with Gasteiger partial charge in [-0.25, -0.2) is 0 Å². The number of aromatic nitrogens is 3. The van der Waals surface area contributed by atoms with Gasteiger partial charge in [0.05, 0.1) is 0 Å².